The van der Waals surface area contributed by atoms with Gasteiger partial charge in [-0.1, -0.05) is 54.6 Å². The van der Waals surface area contributed by atoms with E-state index in [9.17, 15) is 4.39 Å². The molecular weight excluding hydrogens is 303 g/mol. The van der Waals surface area contributed by atoms with Crippen molar-refractivity contribution in [2.24, 2.45) is 5.10 Å². The monoisotopic (exact) mass is 320 g/mol. The average molecular weight is 320 g/mol. The molecule has 24 heavy (non-hydrogen) atoms. The summed E-state index contributed by atoms with van der Waals surface area (Å²) >= 11 is 0. The summed E-state index contributed by atoms with van der Waals surface area (Å²) in [6.07, 6.45) is 1.74. The topological polar surface area (TPSA) is 33.6 Å². The van der Waals surface area contributed by atoms with Gasteiger partial charge in [0.25, 0.3) is 0 Å². The first-order valence-electron chi connectivity index (χ1n) is 7.62. The van der Waals surface area contributed by atoms with Crippen molar-refractivity contribution in [3.63, 3.8) is 0 Å². The minimum atomic E-state index is -0.353. The Hall–Kier alpha value is -3.14. The minimum Gasteiger partial charge on any atom is -0.486 e. The fraction of sp³-hybridized carbons (Fsp3) is 0.0500. The lowest BCUT2D eigenvalue weighted by Crippen LogP contribution is -1.97. The van der Waals surface area contributed by atoms with Gasteiger partial charge >= 0.3 is 0 Å². The molecule has 3 aromatic carbocycles. The Kier molecular flexibility index (Phi) is 5.20. The molecule has 0 unspecified atom stereocenters. The van der Waals surface area contributed by atoms with Gasteiger partial charge < -0.3 is 4.74 Å². The molecule has 0 saturated carbocycles. The van der Waals surface area contributed by atoms with E-state index in [-0.39, 0.29) is 11.6 Å². The van der Waals surface area contributed by atoms with Gasteiger partial charge in [-0.15, -0.1) is 0 Å². The van der Waals surface area contributed by atoms with Gasteiger partial charge in [0.05, 0.1) is 11.9 Å². The molecule has 0 saturated heterocycles. The fourth-order valence-corrected chi connectivity index (χ4v) is 2.12. The highest BCUT2D eigenvalue weighted by Crippen LogP contribution is 2.17. The lowest BCUT2D eigenvalue weighted by atomic mass is 10.1. The van der Waals surface area contributed by atoms with Gasteiger partial charge in [0.15, 0.2) is 11.6 Å². The summed E-state index contributed by atoms with van der Waals surface area (Å²) in [5.74, 6) is -0.0940. The molecule has 3 rings (SSSR count). The standard InChI is InChI=1S/C20H17FN2O/c21-19-8-4-5-9-20(19)24-15-17-12-10-16(11-13-17)14-22-23-18-6-2-1-3-7-18/h1-14,23H,15H2. The largest absolute Gasteiger partial charge is 0.486 e. The van der Waals surface area contributed by atoms with E-state index in [2.05, 4.69) is 10.5 Å². The average Bonchev–Trinajstić information content (AvgIpc) is 2.63. The Labute approximate surface area is 140 Å². The van der Waals surface area contributed by atoms with Crippen molar-refractivity contribution in [3.8, 4) is 5.75 Å². The van der Waals surface area contributed by atoms with Crippen LogP contribution in [-0.4, -0.2) is 6.21 Å². The van der Waals surface area contributed by atoms with Crippen molar-refractivity contribution in [2.75, 3.05) is 5.43 Å². The first-order valence-corrected chi connectivity index (χ1v) is 7.62. The number of halogens is 1. The summed E-state index contributed by atoms with van der Waals surface area (Å²) in [6, 6.07) is 23.9. The maximum atomic E-state index is 13.5. The second-order valence-corrected chi connectivity index (χ2v) is 5.20. The summed E-state index contributed by atoms with van der Waals surface area (Å²) in [6.45, 7) is 0.320. The van der Waals surface area contributed by atoms with Crippen LogP contribution in [0.5, 0.6) is 5.75 Å². The number of hydrogen-bond acceptors (Lipinski definition) is 3. The number of para-hydroxylation sites is 2. The normalized spacial score (nSPS) is 10.7. The molecule has 0 fully saturated rings. The molecule has 0 amide bonds. The molecule has 0 aromatic heterocycles. The van der Waals surface area contributed by atoms with E-state index < -0.39 is 0 Å². The minimum absolute atomic E-state index is 0.259. The maximum absolute atomic E-state index is 13.5. The fourth-order valence-electron chi connectivity index (χ4n) is 2.12. The van der Waals surface area contributed by atoms with E-state index in [1.165, 1.54) is 6.07 Å². The zero-order valence-electron chi connectivity index (χ0n) is 13.0. The van der Waals surface area contributed by atoms with Crippen molar-refractivity contribution < 1.29 is 9.13 Å². The summed E-state index contributed by atoms with van der Waals surface area (Å²) in [4.78, 5) is 0. The lowest BCUT2D eigenvalue weighted by Gasteiger charge is -2.07. The van der Waals surface area contributed by atoms with Crippen molar-refractivity contribution in [2.45, 2.75) is 6.61 Å². The number of hydrogen-bond donors (Lipinski definition) is 1. The van der Waals surface area contributed by atoms with Crippen LogP contribution in [0, 0.1) is 5.82 Å². The maximum Gasteiger partial charge on any atom is 0.165 e. The molecular formula is C20H17FN2O. The molecule has 0 heterocycles. The van der Waals surface area contributed by atoms with Crippen LogP contribution in [0.2, 0.25) is 0 Å². The van der Waals surface area contributed by atoms with Crippen molar-refractivity contribution in [1.29, 1.82) is 0 Å². The van der Waals surface area contributed by atoms with Crippen LogP contribution in [0.25, 0.3) is 0 Å². The van der Waals surface area contributed by atoms with Gasteiger partial charge in [-0.25, -0.2) is 4.39 Å². The van der Waals surface area contributed by atoms with Crippen LogP contribution in [0.15, 0.2) is 84.0 Å². The van der Waals surface area contributed by atoms with Crippen LogP contribution in [-0.2, 0) is 6.61 Å². The van der Waals surface area contributed by atoms with Crippen LogP contribution in [0.3, 0.4) is 0 Å². The highest BCUT2D eigenvalue weighted by Gasteiger charge is 2.01. The molecule has 0 bridgehead atoms. The van der Waals surface area contributed by atoms with E-state index in [0.29, 0.717) is 6.61 Å². The predicted octanol–water partition coefficient (Wildman–Crippen LogP) is 4.85. The Morgan fingerprint density at radius 1 is 0.875 bits per heavy atom. The number of hydrazone groups is 1. The highest BCUT2D eigenvalue weighted by atomic mass is 19.1. The highest BCUT2D eigenvalue weighted by molar-refractivity contribution is 5.80. The van der Waals surface area contributed by atoms with Crippen molar-refractivity contribution in [3.05, 3.63) is 95.8 Å². The first kappa shape index (κ1) is 15.7. The molecule has 1 N–H and O–H groups in total. The quantitative estimate of drug-likeness (QED) is 0.520. The lowest BCUT2D eigenvalue weighted by molar-refractivity contribution is 0.290. The van der Waals surface area contributed by atoms with Crippen LogP contribution in [0.1, 0.15) is 11.1 Å². The second-order valence-electron chi connectivity index (χ2n) is 5.20. The number of nitrogens with one attached hydrogen (secondary N) is 1. The molecule has 0 spiro atoms. The number of nitrogens with zero attached hydrogens (tertiary/aromatic N) is 1. The molecule has 4 heteroatoms. The third-order valence-electron chi connectivity index (χ3n) is 3.39. The van der Waals surface area contributed by atoms with E-state index >= 15 is 0 Å². The van der Waals surface area contributed by atoms with Gasteiger partial charge in [0.2, 0.25) is 0 Å². The third kappa shape index (κ3) is 4.43. The zero-order chi connectivity index (χ0) is 16.6. The number of rotatable bonds is 6. The summed E-state index contributed by atoms with van der Waals surface area (Å²) in [5, 5.41) is 4.19. The number of ether oxygens (including phenoxy) is 1. The SMILES string of the molecule is Fc1ccccc1OCc1ccc(C=NNc2ccccc2)cc1. The second kappa shape index (κ2) is 7.92. The van der Waals surface area contributed by atoms with E-state index in [1.807, 2.05) is 54.6 Å². The van der Waals surface area contributed by atoms with Crippen molar-refractivity contribution >= 4 is 11.9 Å². The molecule has 0 atom stereocenters. The molecule has 0 aliphatic heterocycles. The van der Waals surface area contributed by atoms with Gasteiger partial charge in [-0.3, -0.25) is 5.43 Å². The smallest absolute Gasteiger partial charge is 0.165 e. The Balaban J connectivity index is 1.54. The van der Waals surface area contributed by atoms with Gasteiger partial charge in [0, 0.05) is 0 Å². The number of benzene rings is 3. The van der Waals surface area contributed by atoms with Gasteiger partial charge in [-0.2, -0.15) is 5.10 Å². The van der Waals surface area contributed by atoms with Gasteiger partial charge in [0.1, 0.15) is 6.61 Å². The van der Waals surface area contributed by atoms with Crippen molar-refractivity contribution in [1.82, 2.24) is 0 Å². The molecule has 0 radical (unpaired) electrons. The van der Waals surface area contributed by atoms with E-state index in [1.54, 1.807) is 24.4 Å². The molecule has 3 aromatic rings. The summed E-state index contributed by atoms with van der Waals surface area (Å²) in [7, 11) is 0. The predicted molar refractivity (Wildman–Crippen MR) is 94.8 cm³/mol. The third-order valence-corrected chi connectivity index (χ3v) is 3.39. The summed E-state index contributed by atoms with van der Waals surface area (Å²) in [5.41, 5.74) is 5.83. The molecule has 0 aliphatic rings. The Bertz CT molecular complexity index is 801. The Morgan fingerprint density at radius 2 is 1.58 bits per heavy atom. The van der Waals surface area contributed by atoms with Crippen LogP contribution >= 0.6 is 0 Å². The van der Waals surface area contributed by atoms with E-state index in [4.69, 9.17) is 4.74 Å². The van der Waals surface area contributed by atoms with Crippen LogP contribution < -0.4 is 10.2 Å². The van der Waals surface area contributed by atoms with Gasteiger partial charge in [-0.05, 0) is 35.4 Å². The number of anilines is 1. The zero-order valence-corrected chi connectivity index (χ0v) is 13.0. The van der Waals surface area contributed by atoms with E-state index in [0.717, 1.165) is 16.8 Å². The van der Waals surface area contributed by atoms with Crippen LogP contribution in [0.4, 0.5) is 10.1 Å². The molecule has 3 nitrogen and oxygen atoms in total. The molecule has 120 valence electrons. The summed E-state index contributed by atoms with van der Waals surface area (Å²) < 4.78 is 19.0. The molecule has 0 aliphatic carbocycles. The first-order chi connectivity index (χ1) is 11.8. The Morgan fingerprint density at radius 3 is 2.33 bits per heavy atom.